The summed E-state index contributed by atoms with van der Waals surface area (Å²) in [6.07, 6.45) is 11.4. The average molecular weight is 208 g/mol. The van der Waals surface area contributed by atoms with E-state index in [4.69, 9.17) is 0 Å². The van der Waals surface area contributed by atoms with Gasteiger partial charge in [-0.05, 0) is 39.4 Å². The van der Waals surface area contributed by atoms with E-state index in [0.29, 0.717) is 12.0 Å². The Kier molecular flexibility index (Phi) is 5.66. The van der Waals surface area contributed by atoms with Crippen molar-refractivity contribution in [1.29, 1.82) is 0 Å². The Morgan fingerprint density at radius 2 is 2.07 bits per heavy atom. The summed E-state index contributed by atoms with van der Waals surface area (Å²) in [7, 11) is 4.25. The van der Waals surface area contributed by atoms with E-state index in [1.807, 2.05) is 0 Å². The van der Waals surface area contributed by atoms with Gasteiger partial charge in [-0.2, -0.15) is 0 Å². The van der Waals surface area contributed by atoms with Crippen molar-refractivity contribution < 1.29 is 0 Å². The summed E-state index contributed by atoms with van der Waals surface area (Å²) in [4.78, 5) is 2.37. The molecule has 0 amide bonds. The minimum Gasteiger partial charge on any atom is -0.316 e. The fourth-order valence-corrected chi connectivity index (χ4v) is 1.98. The summed E-state index contributed by atoms with van der Waals surface area (Å²) in [5.41, 5.74) is 0. The van der Waals surface area contributed by atoms with Crippen molar-refractivity contribution >= 4 is 0 Å². The van der Waals surface area contributed by atoms with Gasteiger partial charge in [-0.15, -0.1) is 0 Å². The molecule has 0 saturated carbocycles. The lowest BCUT2D eigenvalue weighted by molar-refractivity contribution is 0.318. The van der Waals surface area contributed by atoms with Crippen LogP contribution in [0.25, 0.3) is 0 Å². The van der Waals surface area contributed by atoms with E-state index in [1.165, 1.54) is 6.42 Å². The van der Waals surface area contributed by atoms with Crippen LogP contribution in [0.5, 0.6) is 0 Å². The van der Waals surface area contributed by atoms with E-state index in [2.05, 4.69) is 55.5 Å². The van der Waals surface area contributed by atoms with Gasteiger partial charge in [0.1, 0.15) is 0 Å². The third-order valence-electron chi connectivity index (χ3n) is 3.12. The molecule has 1 aliphatic heterocycles. The van der Waals surface area contributed by atoms with Crippen LogP contribution in [0.1, 0.15) is 19.8 Å². The molecule has 1 rings (SSSR count). The largest absolute Gasteiger partial charge is 0.316 e. The molecule has 0 fully saturated rings. The molecule has 2 unspecified atom stereocenters. The number of nitrogens with one attached hydrogen (secondary N) is 1. The van der Waals surface area contributed by atoms with Crippen molar-refractivity contribution in [1.82, 2.24) is 10.2 Å². The molecule has 1 N–H and O–H groups in total. The van der Waals surface area contributed by atoms with Crippen molar-refractivity contribution in [2.75, 3.05) is 27.2 Å². The lowest BCUT2D eigenvalue weighted by Gasteiger charge is -2.23. The van der Waals surface area contributed by atoms with Crippen molar-refractivity contribution in [2.24, 2.45) is 5.92 Å². The maximum Gasteiger partial charge on any atom is 0.0160 e. The summed E-state index contributed by atoms with van der Waals surface area (Å²) < 4.78 is 0. The molecule has 0 bridgehead atoms. The maximum absolute atomic E-state index is 3.41. The molecule has 0 aromatic carbocycles. The van der Waals surface area contributed by atoms with Gasteiger partial charge >= 0.3 is 0 Å². The van der Waals surface area contributed by atoms with Crippen LogP contribution in [0.15, 0.2) is 24.3 Å². The molecule has 0 radical (unpaired) electrons. The highest BCUT2D eigenvalue weighted by Crippen LogP contribution is 2.10. The summed E-state index contributed by atoms with van der Waals surface area (Å²) in [6, 6.07) is 0.599. The fraction of sp³-hybridized carbons (Fsp3) is 0.692. The molecule has 0 aromatic heterocycles. The van der Waals surface area contributed by atoms with Crippen LogP contribution < -0.4 is 5.32 Å². The van der Waals surface area contributed by atoms with Crippen molar-refractivity contribution in [3.05, 3.63) is 24.3 Å². The average Bonchev–Trinajstić information content (AvgIpc) is 2.26. The Morgan fingerprint density at radius 1 is 1.27 bits per heavy atom. The monoisotopic (exact) mass is 208 g/mol. The number of rotatable bonds is 1. The molecular formula is C13H24N2. The van der Waals surface area contributed by atoms with Gasteiger partial charge in [-0.3, -0.25) is 0 Å². The number of hydrogen-bond acceptors (Lipinski definition) is 2. The number of hydrogen-bond donors (Lipinski definition) is 1. The highest BCUT2D eigenvalue weighted by molar-refractivity contribution is 4.98. The summed E-state index contributed by atoms with van der Waals surface area (Å²) in [6.45, 7) is 4.52. The van der Waals surface area contributed by atoms with Crippen molar-refractivity contribution in [2.45, 2.75) is 25.8 Å². The predicted molar refractivity (Wildman–Crippen MR) is 67.0 cm³/mol. The molecule has 0 saturated heterocycles. The Morgan fingerprint density at radius 3 is 2.80 bits per heavy atom. The van der Waals surface area contributed by atoms with E-state index in [-0.39, 0.29) is 0 Å². The summed E-state index contributed by atoms with van der Waals surface area (Å²) in [5, 5.41) is 3.41. The molecule has 1 heterocycles. The minimum absolute atomic E-state index is 0.599. The van der Waals surface area contributed by atoms with Crippen LogP contribution in [-0.2, 0) is 0 Å². The molecule has 2 nitrogen and oxygen atoms in total. The zero-order valence-electron chi connectivity index (χ0n) is 10.2. The van der Waals surface area contributed by atoms with Crippen LogP contribution in [0.4, 0.5) is 0 Å². The second kappa shape index (κ2) is 6.81. The van der Waals surface area contributed by atoms with Crippen LogP contribution in [0.2, 0.25) is 0 Å². The standard InChI is InChI=1S/C13H24N2/c1-12-8-6-4-5-7-10-15(3)11-9-13(12)14-2/h5-8,12-14H,4,9-11H2,1-3H3/b7-5?,8-6-. The molecule has 15 heavy (non-hydrogen) atoms. The summed E-state index contributed by atoms with van der Waals surface area (Å²) >= 11 is 0. The van der Waals surface area contributed by atoms with Gasteiger partial charge in [-0.1, -0.05) is 31.2 Å². The van der Waals surface area contributed by atoms with E-state index in [9.17, 15) is 0 Å². The van der Waals surface area contributed by atoms with Gasteiger partial charge in [-0.25, -0.2) is 0 Å². The topological polar surface area (TPSA) is 15.3 Å². The van der Waals surface area contributed by atoms with Crippen molar-refractivity contribution in [3.63, 3.8) is 0 Å². The minimum atomic E-state index is 0.599. The molecule has 2 atom stereocenters. The zero-order valence-corrected chi connectivity index (χ0v) is 10.2. The smallest absolute Gasteiger partial charge is 0.0160 e. The number of allylic oxidation sites excluding steroid dienone is 2. The first-order valence-electron chi connectivity index (χ1n) is 5.91. The normalized spacial score (nSPS) is 32.2. The van der Waals surface area contributed by atoms with Gasteiger partial charge in [0.15, 0.2) is 0 Å². The second-order valence-electron chi connectivity index (χ2n) is 4.44. The molecule has 2 heteroatoms. The molecule has 0 aromatic rings. The van der Waals surface area contributed by atoms with Crippen molar-refractivity contribution in [3.8, 4) is 0 Å². The van der Waals surface area contributed by atoms with Gasteiger partial charge in [0.2, 0.25) is 0 Å². The third-order valence-corrected chi connectivity index (χ3v) is 3.12. The van der Waals surface area contributed by atoms with Crippen LogP contribution in [0.3, 0.4) is 0 Å². The highest BCUT2D eigenvalue weighted by Gasteiger charge is 2.13. The Hall–Kier alpha value is -0.600. The van der Waals surface area contributed by atoms with E-state index in [0.717, 1.165) is 19.5 Å². The molecule has 0 spiro atoms. The molecule has 86 valence electrons. The molecule has 0 aliphatic carbocycles. The Bertz CT molecular complexity index is 221. The predicted octanol–water partition coefficient (Wildman–Crippen LogP) is 2.05. The SMILES string of the molecule is CNC1CCN(C)CC=CC/C=C\C1C. The quantitative estimate of drug-likeness (QED) is 0.664. The van der Waals surface area contributed by atoms with Gasteiger partial charge in [0, 0.05) is 12.6 Å². The van der Waals surface area contributed by atoms with E-state index in [1.54, 1.807) is 0 Å². The van der Waals surface area contributed by atoms with E-state index < -0.39 is 0 Å². The van der Waals surface area contributed by atoms with Crippen LogP contribution >= 0.6 is 0 Å². The van der Waals surface area contributed by atoms with Gasteiger partial charge in [0.25, 0.3) is 0 Å². The highest BCUT2D eigenvalue weighted by atomic mass is 15.1. The summed E-state index contributed by atoms with van der Waals surface area (Å²) in [5.74, 6) is 0.620. The molecule has 1 aliphatic rings. The van der Waals surface area contributed by atoms with Gasteiger partial charge in [0.05, 0.1) is 0 Å². The first-order chi connectivity index (χ1) is 7.24. The third kappa shape index (κ3) is 4.63. The fourth-order valence-electron chi connectivity index (χ4n) is 1.98. The van der Waals surface area contributed by atoms with Crippen LogP contribution in [0, 0.1) is 5.92 Å². The zero-order chi connectivity index (χ0) is 11.1. The first-order valence-corrected chi connectivity index (χ1v) is 5.91. The number of likely N-dealkylation sites (N-methyl/N-ethyl adjacent to an activating group) is 1. The Balaban J connectivity index is 2.58. The lowest BCUT2D eigenvalue weighted by Crippen LogP contribution is -2.35. The van der Waals surface area contributed by atoms with E-state index >= 15 is 0 Å². The lowest BCUT2D eigenvalue weighted by atomic mass is 9.98. The maximum atomic E-state index is 3.41. The molecular weight excluding hydrogens is 184 g/mol. The van der Waals surface area contributed by atoms with Crippen LogP contribution in [-0.4, -0.2) is 38.1 Å². The Labute approximate surface area is 94.0 Å². The van der Waals surface area contributed by atoms with Gasteiger partial charge < -0.3 is 10.2 Å². The number of nitrogens with zero attached hydrogens (tertiary/aromatic N) is 1. The first kappa shape index (κ1) is 12.5. The second-order valence-corrected chi connectivity index (χ2v) is 4.44.